The maximum atomic E-state index is 12.5. The minimum absolute atomic E-state index is 0.0394. The summed E-state index contributed by atoms with van der Waals surface area (Å²) < 4.78 is 16.2. The van der Waals surface area contributed by atoms with Crippen molar-refractivity contribution in [3.8, 4) is 17.4 Å². The van der Waals surface area contributed by atoms with E-state index in [0.29, 0.717) is 30.9 Å². The van der Waals surface area contributed by atoms with Gasteiger partial charge in [0.15, 0.2) is 5.96 Å². The number of aliphatic imine (C=N–C) groups is 1. The molecule has 1 aromatic carbocycles. The first kappa shape index (κ1) is 25.2. The molecule has 1 heterocycles. The molecule has 2 aromatic rings. The molecule has 0 saturated heterocycles. The summed E-state index contributed by atoms with van der Waals surface area (Å²) in [5.41, 5.74) is 16.9. The van der Waals surface area contributed by atoms with Crippen molar-refractivity contribution in [1.82, 2.24) is 15.3 Å². The van der Waals surface area contributed by atoms with Gasteiger partial charge in [0, 0.05) is 25.1 Å². The van der Waals surface area contributed by atoms with E-state index >= 15 is 0 Å². The van der Waals surface area contributed by atoms with E-state index in [1.165, 1.54) is 12.4 Å². The fraction of sp³-hybridized carbons (Fsp3) is 0.381. The van der Waals surface area contributed by atoms with Gasteiger partial charge in [-0.1, -0.05) is 6.07 Å². The fourth-order valence-corrected chi connectivity index (χ4v) is 2.89. The highest BCUT2D eigenvalue weighted by atomic mass is 16.5. The van der Waals surface area contributed by atoms with Gasteiger partial charge in [-0.3, -0.25) is 14.6 Å². The number of benzene rings is 1. The molecular weight excluding hydrogens is 430 g/mol. The first-order chi connectivity index (χ1) is 15.8. The highest BCUT2D eigenvalue weighted by molar-refractivity contribution is 5.95. The van der Waals surface area contributed by atoms with Gasteiger partial charge >= 0.3 is 0 Å². The molecule has 12 nitrogen and oxygen atoms in total. The number of primary amides is 1. The van der Waals surface area contributed by atoms with E-state index < -0.39 is 17.9 Å². The third-order valence-electron chi connectivity index (χ3n) is 4.58. The quantitative estimate of drug-likeness (QED) is 0.178. The van der Waals surface area contributed by atoms with E-state index in [1.807, 2.05) is 12.1 Å². The van der Waals surface area contributed by atoms with Gasteiger partial charge < -0.3 is 36.7 Å². The van der Waals surface area contributed by atoms with Gasteiger partial charge in [-0.05, 0) is 24.5 Å². The van der Waals surface area contributed by atoms with Gasteiger partial charge in [0.1, 0.15) is 29.6 Å². The molecule has 178 valence electrons. The van der Waals surface area contributed by atoms with Crippen molar-refractivity contribution in [2.24, 2.45) is 22.2 Å². The van der Waals surface area contributed by atoms with Crippen LogP contribution in [0.1, 0.15) is 28.9 Å². The molecule has 0 aliphatic carbocycles. The molecule has 0 bridgehead atoms. The molecular formula is C21H29N7O5. The maximum absolute atomic E-state index is 12.5. The molecule has 0 radical (unpaired) electrons. The van der Waals surface area contributed by atoms with Crippen LogP contribution in [0.2, 0.25) is 0 Å². The largest absolute Gasteiger partial charge is 0.497 e. The van der Waals surface area contributed by atoms with Crippen LogP contribution < -0.4 is 36.7 Å². The topological polar surface area (TPSA) is 190 Å². The minimum Gasteiger partial charge on any atom is -0.497 e. The number of nitrogens with zero attached hydrogens (tertiary/aromatic N) is 3. The Morgan fingerprint density at radius 3 is 2.58 bits per heavy atom. The van der Waals surface area contributed by atoms with Crippen molar-refractivity contribution in [3.05, 3.63) is 41.9 Å². The van der Waals surface area contributed by atoms with Crippen LogP contribution in [0.4, 0.5) is 0 Å². The van der Waals surface area contributed by atoms with Crippen molar-refractivity contribution in [2.45, 2.75) is 25.3 Å². The zero-order valence-corrected chi connectivity index (χ0v) is 18.6. The van der Waals surface area contributed by atoms with Crippen LogP contribution in [-0.2, 0) is 11.2 Å². The van der Waals surface area contributed by atoms with Crippen molar-refractivity contribution in [3.63, 3.8) is 0 Å². The zero-order chi connectivity index (χ0) is 24.2. The van der Waals surface area contributed by atoms with Gasteiger partial charge in [0.05, 0.1) is 20.8 Å². The third-order valence-corrected chi connectivity index (χ3v) is 4.58. The zero-order valence-electron chi connectivity index (χ0n) is 18.6. The average Bonchev–Trinajstić information content (AvgIpc) is 2.80. The standard InChI is InChI=1S/C21H29N7O5/c1-31-14-6-5-13(17(10-14)32-2)7-9-33-18-11-16(26-12-27-18)20(30)28-15(19(22)29)4-3-8-25-21(23)24/h5-6,10-12,15H,3-4,7-9H2,1-2H3,(H2,22,29)(H,28,30)(H4,23,24,25)/t15-/m0/s1. The number of hydrogen-bond donors (Lipinski definition) is 4. The molecule has 1 aromatic heterocycles. The first-order valence-electron chi connectivity index (χ1n) is 10.1. The predicted octanol–water partition coefficient (Wildman–Crippen LogP) is -0.247. The molecule has 2 amide bonds. The molecule has 1 atom stereocenters. The van der Waals surface area contributed by atoms with Crippen LogP contribution in [-0.4, -0.2) is 61.2 Å². The summed E-state index contributed by atoms with van der Waals surface area (Å²) in [6.07, 6.45) is 2.48. The summed E-state index contributed by atoms with van der Waals surface area (Å²) in [4.78, 5) is 36.0. The van der Waals surface area contributed by atoms with Crippen molar-refractivity contribution < 1.29 is 23.8 Å². The minimum atomic E-state index is -0.895. The first-order valence-corrected chi connectivity index (χ1v) is 10.1. The third kappa shape index (κ3) is 8.16. The van der Waals surface area contributed by atoms with Crippen LogP contribution >= 0.6 is 0 Å². The number of nitrogens with two attached hydrogens (primary N) is 3. The number of ether oxygens (including phenoxy) is 3. The van der Waals surface area contributed by atoms with E-state index in [1.54, 1.807) is 20.3 Å². The van der Waals surface area contributed by atoms with Crippen molar-refractivity contribution >= 4 is 17.8 Å². The van der Waals surface area contributed by atoms with Crippen LogP contribution in [0.3, 0.4) is 0 Å². The number of nitrogens with one attached hydrogen (secondary N) is 1. The van der Waals surface area contributed by atoms with E-state index in [0.717, 1.165) is 5.56 Å². The molecule has 0 fully saturated rings. The summed E-state index contributed by atoms with van der Waals surface area (Å²) in [5, 5.41) is 2.56. The molecule has 0 spiro atoms. The summed E-state index contributed by atoms with van der Waals surface area (Å²) >= 11 is 0. The smallest absolute Gasteiger partial charge is 0.270 e. The van der Waals surface area contributed by atoms with Gasteiger partial charge in [-0.15, -0.1) is 0 Å². The molecule has 0 aliphatic heterocycles. The van der Waals surface area contributed by atoms with Gasteiger partial charge in [0.2, 0.25) is 11.8 Å². The lowest BCUT2D eigenvalue weighted by Crippen LogP contribution is -2.44. The van der Waals surface area contributed by atoms with Crippen LogP contribution in [0.15, 0.2) is 35.6 Å². The van der Waals surface area contributed by atoms with E-state index in [2.05, 4.69) is 20.3 Å². The second-order valence-corrected chi connectivity index (χ2v) is 6.89. The molecule has 0 saturated carbocycles. The molecule has 0 aliphatic rings. The number of carbonyl (C=O) groups is 2. The van der Waals surface area contributed by atoms with Crippen molar-refractivity contribution in [1.29, 1.82) is 0 Å². The Bertz CT molecular complexity index is 979. The van der Waals surface area contributed by atoms with Gasteiger partial charge in [0.25, 0.3) is 5.91 Å². The number of carbonyl (C=O) groups excluding carboxylic acids is 2. The monoisotopic (exact) mass is 459 g/mol. The SMILES string of the molecule is COc1ccc(CCOc2cc(C(=O)N[C@@H](CCCN=C(N)N)C(N)=O)ncn2)c(OC)c1. The van der Waals surface area contributed by atoms with E-state index in [-0.39, 0.29) is 30.6 Å². The number of guanidine groups is 1. The van der Waals surface area contributed by atoms with Crippen LogP contribution in [0, 0.1) is 0 Å². The van der Waals surface area contributed by atoms with E-state index in [9.17, 15) is 9.59 Å². The summed E-state index contributed by atoms with van der Waals surface area (Å²) in [6, 6.07) is 6.00. The second-order valence-electron chi connectivity index (χ2n) is 6.89. The molecule has 12 heteroatoms. The van der Waals surface area contributed by atoms with Gasteiger partial charge in [-0.25, -0.2) is 9.97 Å². The Balaban J connectivity index is 1.94. The Kier molecular flexibility index (Phi) is 9.68. The second kappa shape index (κ2) is 12.7. The lowest BCUT2D eigenvalue weighted by molar-refractivity contribution is -0.120. The summed E-state index contributed by atoms with van der Waals surface area (Å²) in [6.45, 7) is 0.599. The van der Waals surface area contributed by atoms with Gasteiger partial charge in [-0.2, -0.15) is 0 Å². The molecule has 2 rings (SSSR count). The van der Waals surface area contributed by atoms with Crippen LogP contribution in [0.5, 0.6) is 17.4 Å². The lowest BCUT2D eigenvalue weighted by atomic mass is 10.1. The molecule has 0 unspecified atom stereocenters. The Morgan fingerprint density at radius 2 is 1.91 bits per heavy atom. The lowest BCUT2D eigenvalue weighted by Gasteiger charge is -2.15. The Hall–Kier alpha value is -4.09. The number of hydrogen-bond acceptors (Lipinski definition) is 8. The normalized spacial score (nSPS) is 11.2. The number of rotatable bonds is 13. The molecule has 7 N–H and O–H groups in total. The molecule has 33 heavy (non-hydrogen) atoms. The maximum Gasteiger partial charge on any atom is 0.270 e. The number of methoxy groups -OCH3 is 2. The number of aromatic nitrogens is 2. The summed E-state index contributed by atoms with van der Waals surface area (Å²) in [7, 11) is 3.16. The Labute approximate surface area is 191 Å². The fourth-order valence-electron chi connectivity index (χ4n) is 2.89. The van der Waals surface area contributed by atoms with E-state index in [4.69, 9.17) is 31.4 Å². The van der Waals surface area contributed by atoms with Crippen LogP contribution in [0.25, 0.3) is 0 Å². The Morgan fingerprint density at radius 1 is 1.12 bits per heavy atom. The average molecular weight is 460 g/mol. The number of amides is 2. The highest BCUT2D eigenvalue weighted by Gasteiger charge is 2.20. The predicted molar refractivity (Wildman–Crippen MR) is 121 cm³/mol. The summed E-state index contributed by atoms with van der Waals surface area (Å²) in [5.74, 6) is 0.280. The highest BCUT2D eigenvalue weighted by Crippen LogP contribution is 2.25. The van der Waals surface area contributed by atoms with Crippen molar-refractivity contribution in [2.75, 3.05) is 27.4 Å².